The maximum absolute atomic E-state index is 7.64. The van der Waals surface area contributed by atoms with Crippen molar-refractivity contribution >= 4 is 22.6 Å². The molecule has 5 nitrogen and oxygen atoms in total. The lowest BCUT2D eigenvalue weighted by molar-refractivity contribution is 0.631. The van der Waals surface area contributed by atoms with E-state index in [1.54, 1.807) is 24.3 Å². The molecule has 2 aromatic carbocycles. The third kappa shape index (κ3) is 2.25. The molecule has 0 unspecified atom stereocenters. The summed E-state index contributed by atoms with van der Waals surface area (Å²) in [6, 6.07) is 14.5. The number of nitrogen functional groups attached to an aromatic ring is 2. The first-order valence-electron chi connectivity index (χ1n) is 6.38. The number of nitrogens with one attached hydrogen (secondary N) is 2. The van der Waals surface area contributed by atoms with Crippen molar-refractivity contribution in [3.8, 4) is 11.3 Å². The van der Waals surface area contributed by atoms with E-state index in [1.807, 2.05) is 24.3 Å². The van der Waals surface area contributed by atoms with Crippen LogP contribution < -0.4 is 11.5 Å². The van der Waals surface area contributed by atoms with Gasteiger partial charge in [0.25, 0.3) is 0 Å². The summed E-state index contributed by atoms with van der Waals surface area (Å²) in [6.45, 7) is 0. The molecule has 0 spiro atoms. The van der Waals surface area contributed by atoms with Crippen LogP contribution in [0.3, 0.4) is 0 Å². The normalized spacial score (nSPS) is 10.7. The van der Waals surface area contributed by atoms with Crippen LogP contribution in [0.2, 0.25) is 0 Å². The highest BCUT2D eigenvalue weighted by molar-refractivity contribution is 6.02. The van der Waals surface area contributed by atoms with E-state index >= 15 is 0 Å². The fourth-order valence-corrected chi connectivity index (χ4v) is 2.28. The van der Waals surface area contributed by atoms with Crippen LogP contribution in [0.25, 0.3) is 22.3 Å². The standard InChI is InChI=1S/C16H14N4O/c17-15(18)9-5-6-13-10(7-9)8-14(21-13)11-3-1-2-4-12(11)16(19)20/h1-8H,(H3,17,18)(H3,19,20). The molecule has 3 rings (SSSR count). The van der Waals surface area contributed by atoms with Crippen LogP contribution >= 0.6 is 0 Å². The zero-order chi connectivity index (χ0) is 15.0. The van der Waals surface area contributed by atoms with E-state index in [1.165, 1.54) is 0 Å². The number of rotatable bonds is 3. The van der Waals surface area contributed by atoms with Gasteiger partial charge < -0.3 is 15.9 Å². The van der Waals surface area contributed by atoms with E-state index in [2.05, 4.69) is 0 Å². The summed E-state index contributed by atoms with van der Waals surface area (Å²) in [5.41, 5.74) is 13.8. The number of furan rings is 1. The Kier molecular flexibility index (Phi) is 2.95. The second kappa shape index (κ2) is 4.79. The van der Waals surface area contributed by atoms with Crippen LogP contribution in [0.15, 0.2) is 52.9 Å². The predicted octanol–water partition coefficient (Wildman–Crippen LogP) is 2.67. The van der Waals surface area contributed by atoms with Gasteiger partial charge in [0.2, 0.25) is 0 Å². The first-order chi connectivity index (χ1) is 10.1. The third-order valence-electron chi connectivity index (χ3n) is 3.31. The van der Waals surface area contributed by atoms with Crippen LogP contribution in [-0.4, -0.2) is 11.7 Å². The molecule has 0 aliphatic rings. The Bertz CT molecular complexity index is 864. The molecule has 0 radical (unpaired) electrons. The Hall–Kier alpha value is -3.08. The topological polar surface area (TPSA) is 113 Å². The second-order valence-corrected chi connectivity index (χ2v) is 4.74. The van der Waals surface area contributed by atoms with Crippen molar-refractivity contribution in [2.45, 2.75) is 0 Å². The second-order valence-electron chi connectivity index (χ2n) is 4.74. The molecule has 0 aliphatic heterocycles. The van der Waals surface area contributed by atoms with Crippen molar-refractivity contribution in [2.24, 2.45) is 11.5 Å². The number of benzene rings is 2. The van der Waals surface area contributed by atoms with Crippen molar-refractivity contribution in [1.82, 2.24) is 0 Å². The lowest BCUT2D eigenvalue weighted by atomic mass is 10.0. The van der Waals surface area contributed by atoms with Crippen LogP contribution in [0, 0.1) is 10.8 Å². The molecule has 3 aromatic rings. The maximum atomic E-state index is 7.64. The average molecular weight is 278 g/mol. The zero-order valence-corrected chi connectivity index (χ0v) is 11.2. The van der Waals surface area contributed by atoms with Gasteiger partial charge in [-0.05, 0) is 24.3 Å². The quantitative estimate of drug-likeness (QED) is 0.436. The molecule has 0 fully saturated rings. The SMILES string of the molecule is N=C(N)c1ccc2oc(-c3ccccc3C(=N)N)cc2c1. The van der Waals surface area contributed by atoms with Gasteiger partial charge in [-0.2, -0.15) is 0 Å². The molecule has 21 heavy (non-hydrogen) atoms. The minimum atomic E-state index is -0.00418. The highest BCUT2D eigenvalue weighted by Crippen LogP contribution is 2.30. The summed E-state index contributed by atoms with van der Waals surface area (Å²) in [4.78, 5) is 0. The van der Waals surface area contributed by atoms with Gasteiger partial charge in [-0.25, -0.2) is 0 Å². The predicted molar refractivity (Wildman–Crippen MR) is 83.7 cm³/mol. The summed E-state index contributed by atoms with van der Waals surface area (Å²) in [5, 5.41) is 16.0. The van der Waals surface area contributed by atoms with Crippen LogP contribution in [0.5, 0.6) is 0 Å². The molecule has 0 amide bonds. The van der Waals surface area contributed by atoms with Crippen molar-refractivity contribution < 1.29 is 4.42 Å². The molecule has 0 saturated carbocycles. The summed E-state index contributed by atoms with van der Waals surface area (Å²) >= 11 is 0. The molecular formula is C16H14N4O. The molecular weight excluding hydrogens is 264 g/mol. The van der Waals surface area contributed by atoms with Gasteiger partial charge in [0.15, 0.2) is 0 Å². The Morgan fingerprint density at radius 1 is 0.905 bits per heavy atom. The van der Waals surface area contributed by atoms with Gasteiger partial charge in [-0.1, -0.05) is 24.3 Å². The summed E-state index contributed by atoms with van der Waals surface area (Å²) < 4.78 is 5.82. The van der Waals surface area contributed by atoms with Crippen molar-refractivity contribution in [2.75, 3.05) is 0 Å². The average Bonchev–Trinajstić information content (AvgIpc) is 2.89. The smallest absolute Gasteiger partial charge is 0.136 e. The van der Waals surface area contributed by atoms with Crippen molar-refractivity contribution in [3.63, 3.8) is 0 Å². The number of amidine groups is 2. The third-order valence-corrected chi connectivity index (χ3v) is 3.31. The van der Waals surface area contributed by atoms with E-state index in [4.69, 9.17) is 26.7 Å². The molecule has 5 heteroatoms. The zero-order valence-electron chi connectivity index (χ0n) is 11.2. The lowest BCUT2D eigenvalue weighted by Gasteiger charge is -2.04. The molecule has 6 N–H and O–H groups in total. The van der Waals surface area contributed by atoms with E-state index < -0.39 is 0 Å². The van der Waals surface area contributed by atoms with Gasteiger partial charge in [-0.15, -0.1) is 0 Å². The largest absolute Gasteiger partial charge is 0.456 e. The van der Waals surface area contributed by atoms with Gasteiger partial charge in [-0.3, -0.25) is 10.8 Å². The van der Waals surface area contributed by atoms with Gasteiger partial charge in [0, 0.05) is 22.1 Å². The lowest BCUT2D eigenvalue weighted by Crippen LogP contribution is -2.12. The number of fused-ring (bicyclic) bond motifs is 1. The maximum Gasteiger partial charge on any atom is 0.136 e. The number of nitrogens with two attached hydrogens (primary N) is 2. The van der Waals surface area contributed by atoms with Crippen LogP contribution in [-0.2, 0) is 0 Å². The molecule has 1 aromatic heterocycles. The van der Waals surface area contributed by atoms with E-state index in [0.717, 1.165) is 10.9 Å². The molecule has 104 valence electrons. The fraction of sp³-hybridized carbons (Fsp3) is 0. The molecule has 0 bridgehead atoms. The molecule has 0 atom stereocenters. The Balaban J connectivity index is 2.18. The van der Waals surface area contributed by atoms with E-state index in [9.17, 15) is 0 Å². The van der Waals surface area contributed by atoms with Gasteiger partial charge >= 0.3 is 0 Å². The Morgan fingerprint density at radius 2 is 1.67 bits per heavy atom. The van der Waals surface area contributed by atoms with E-state index in [-0.39, 0.29) is 11.7 Å². The molecule has 0 aliphatic carbocycles. The summed E-state index contributed by atoms with van der Waals surface area (Å²) in [7, 11) is 0. The minimum Gasteiger partial charge on any atom is -0.456 e. The molecule has 0 saturated heterocycles. The Labute approximate surface area is 121 Å². The summed E-state index contributed by atoms with van der Waals surface area (Å²) in [6.07, 6.45) is 0. The first-order valence-corrected chi connectivity index (χ1v) is 6.38. The summed E-state index contributed by atoms with van der Waals surface area (Å²) in [5.74, 6) is 0.649. The van der Waals surface area contributed by atoms with Crippen LogP contribution in [0.1, 0.15) is 11.1 Å². The highest BCUT2D eigenvalue weighted by atomic mass is 16.3. The van der Waals surface area contributed by atoms with Crippen molar-refractivity contribution in [1.29, 1.82) is 10.8 Å². The van der Waals surface area contributed by atoms with Gasteiger partial charge in [0.05, 0.1) is 0 Å². The highest BCUT2D eigenvalue weighted by Gasteiger charge is 2.12. The number of hydrogen-bond acceptors (Lipinski definition) is 3. The monoisotopic (exact) mass is 278 g/mol. The fourth-order valence-electron chi connectivity index (χ4n) is 2.28. The first kappa shape index (κ1) is 12.9. The Morgan fingerprint density at radius 3 is 2.38 bits per heavy atom. The number of hydrogen-bond donors (Lipinski definition) is 4. The minimum absolute atomic E-state index is 0.00418. The van der Waals surface area contributed by atoms with Gasteiger partial charge in [0.1, 0.15) is 23.0 Å². The van der Waals surface area contributed by atoms with Crippen molar-refractivity contribution in [3.05, 3.63) is 59.7 Å². The van der Waals surface area contributed by atoms with Crippen LogP contribution in [0.4, 0.5) is 0 Å². The molecule has 1 heterocycles. The van der Waals surface area contributed by atoms with E-state index in [0.29, 0.717) is 22.5 Å².